The Balaban J connectivity index is 3.02. The Morgan fingerprint density at radius 2 is 1.33 bits per heavy atom. The van der Waals surface area contributed by atoms with Gasteiger partial charge >= 0.3 is 11.9 Å². The van der Waals surface area contributed by atoms with E-state index in [9.17, 15) is 29.7 Å². The first kappa shape index (κ1) is 18.7. The van der Waals surface area contributed by atoms with Gasteiger partial charge in [0.05, 0.1) is 7.14 Å². The first-order valence-electron chi connectivity index (χ1n) is 6.49. The molecule has 0 unspecified atom stereocenters. The Kier molecular flexibility index (Phi) is 5.22. The second-order valence-electron chi connectivity index (χ2n) is 4.95. The van der Waals surface area contributed by atoms with Gasteiger partial charge in [0.1, 0.15) is 16.9 Å². The summed E-state index contributed by atoms with van der Waals surface area (Å²) in [5.74, 6) is -2.90. The molecule has 0 amide bonds. The van der Waals surface area contributed by atoms with Gasteiger partial charge in [-0.15, -0.1) is 0 Å². The van der Waals surface area contributed by atoms with Crippen molar-refractivity contribution in [2.24, 2.45) is 0 Å². The molecule has 1 heterocycles. The third-order valence-corrected chi connectivity index (χ3v) is 5.18. The maximum absolute atomic E-state index is 12.2. The average Bonchev–Trinajstić information content (AvgIpc) is 2.43. The minimum Gasteiger partial charge on any atom is -0.506 e. The van der Waals surface area contributed by atoms with Gasteiger partial charge in [0.25, 0.3) is 0 Å². The number of nitrogens with zero attached hydrogens (tertiary/aromatic N) is 1. The molecule has 3 N–H and O–H groups in total. The maximum Gasteiger partial charge on any atom is 0.341 e. The van der Waals surface area contributed by atoms with E-state index in [4.69, 9.17) is 0 Å². The Bertz CT molecular complexity index is 881. The van der Waals surface area contributed by atoms with E-state index in [1.165, 1.54) is 18.4 Å². The zero-order valence-electron chi connectivity index (χ0n) is 12.4. The monoisotopic (exact) mass is 555 g/mol. The highest BCUT2D eigenvalue weighted by Gasteiger charge is 2.26. The van der Waals surface area contributed by atoms with E-state index in [0.29, 0.717) is 12.8 Å². The molecule has 1 aromatic heterocycles. The van der Waals surface area contributed by atoms with Crippen LogP contribution < -0.4 is 5.43 Å². The predicted octanol–water partition coefficient (Wildman–Crippen LogP) is 2.77. The number of halogens is 2. The number of phenolic OH excluding ortho intramolecular Hbond substituents is 1. The van der Waals surface area contributed by atoms with Crippen LogP contribution in [0.3, 0.4) is 0 Å². The average molecular weight is 555 g/mol. The zero-order chi connectivity index (χ0) is 18.3. The number of carbonyl (C=O) groups is 2. The van der Waals surface area contributed by atoms with Crippen LogP contribution in [0.4, 0.5) is 0 Å². The second kappa shape index (κ2) is 6.70. The van der Waals surface area contributed by atoms with E-state index in [1.54, 1.807) is 12.1 Å². The van der Waals surface area contributed by atoms with Crippen molar-refractivity contribution in [1.82, 2.24) is 4.57 Å². The third kappa shape index (κ3) is 3.01. The van der Waals surface area contributed by atoms with Gasteiger partial charge in [0.2, 0.25) is 5.43 Å². The summed E-state index contributed by atoms with van der Waals surface area (Å²) in [7, 11) is 0. The molecular weight excluding hydrogens is 544 g/mol. The molecule has 1 aromatic carbocycles. The summed E-state index contributed by atoms with van der Waals surface area (Å²) in [4.78, 5) is 35.1. The van der Waals surface area contributed by atoms with Crippen LogP contribution in [-0.2, 0) is 0 Å². The summed E-state index contributed by atoms with van der Waals surface area (Å²) < 4.78 is 2.43. The van der Waals surface area contributed by atoms with E-state index in [1.807, 2.05) is 45.2 Å². The summed E-state index contributed by atoms with van der Waals surface area (Å²) in [6.07, 6.45) is 0. The maximum atomic E-state index is 12.2. The molecule has 126 valence electrons. The van der Waals surface area contributed by atoms with Crippen LogP contribution in [0.5, 0.6) is 5.75 Å². The van der Waals surface area contributed by atoms with Crippen LogP contribution in [0.15, 0.2) is 16.9 Å². The smallest absolute Gasteiger partial charge is 0.341 e. The topological polar surface area (TPSA) is 117 Å². The van der Waals surface area contributed by atoms with E-state index >= 15 is 0 Å². The van der Waals surface area contributed by atoms with E-state index < -0.39 is 28.5 Å². The quantitative estimate of drug-likeness (QED) is 0.502. The molecule has 0 bridgehead atoms. The Labute approximate surface area is 163 Å². The summed E-state index contributed by atoms with van der Waals surface area (Å²) in [6, 6.07) is 3.17. The van der Waals surface area contributed by atoms with Crippen LogP contribution in [0, 0.1) is 21.0 Å². The molecule has 0 fully saturated rings. The first-order valence-corrected chi connectivity index (χ1v) is 8.64. The van der Waals surface area contributed by atoms with Crippen LogP contribution in [0.25, 0.3) is 5.69 Å². The predicted molar refractivity (Wildman–Crippen MR) is 103 cm³/mol. The summed E-state index contributed by atoms with van der Waals surface area (Å²) in [5, 5.41) is 28.5. The highest BCUT2D eigenvalue weighted by molar-refractivity contribution is 14.1. The van der Waals surface area contributed by atoms with Crippen LogP contribution >= 0.6 is 45.2 Å². The molecule has 9 heteroatoms. The highest BCUT2D eigenvalue weighted by Crippen LogP contribution is 2.30. The standard InChI is InChI=1S/C15H11I2NO6/c1-5-10(14(21)22)13(20)11(15(23)24)6(2)18(5)7-3-8(16)12(19)9(17)4-7/h3-4,19H,1-2H3,(H,21,22)(H,23,24). The second-order valence-corrected chi connectivity index (χ2v) is 7.28. The number of rotatable bonds is 3. The molecule has 0 aliphatic rings. The summed E-state index contributed by atoms with van der Waals surface area (Å²) in [6.45, 7) is 2.88. The SMILES string of the molecule is Cc1c(C(=O)O)c(=O)c(C(=O)O)c(C)n1-c1cc(I)c(O)c(I)c1. The van der Waals surface area contributed by atoms with Crippen molar-refractivity contribution >= 4 is 57.1 Å². The van der Waals surface area contributed by atoms with Gasteiger partial charge in [-0.05, 0) is 71.2 Å². The number of carboxylic acid groups (broad SMARTS) is 2. The summed E-state index contributed by atoms with van der Waals surface area (Å²) in [5.41, 5.74) is -1.50. The van der Waals surface area contributed by atoms with Gasteiger partial charge in [-0.3, -0.25) is 4.79 Å². The molecular formula is C15H11I2NO6. The molecule has 0 saturated carbocycles. The number of carboxylic acids is 2. The van der Waals surface area contributed by atoms with Crippen molar-refractivity contribution in [1.29, 1.82) is 0 Å². The minimum atomic E-state index is -1.49. The number of pyridine rings is 1. The number of benzene rings is 1. The van der Waals surface area contributed by atoms with E-state index in [-0.39, 0.29) is 17.1 Å². The lowest BCUT2D eigenvalue weighted by Crippen LogP contribution is -2.29. The van der Waals surface area contributed by atoms with Crippen molar-refractivity contribution < 1.29 is 24.9 Å². The molecule has 0 saturated heterocycles. The Hall–Kier alpha value is -1.63. The van der Waals surface area contributed by atoms with Gasteiger partial charge in [-0.2, -0.15) is 0 Å². The zero-order valence-corrected chi connectivity index (χ0v) is 16.7. The van der Waals surface area contributed by atoms with Gasteiger partial charge < -0.3 is 19.9 Å². The van der Waals surface area contributed by atoms with Gasteiger partial charge in [0.15, 0.2) is 0 Å². The van der Waals surface area contributed by atoms with Crippen LogP contribution in [0.2, 0.25) is 0 Å². The number of aromatic hydroxyl groups is 1. The van der Waals surface area contributed by atoms with Gasteiger partial charge in [0, 0.05) is 17.1 Å². The van der Waals surface area contributed by atoms with Crippen molar-refractivity contribution in [3.05, 3.63) is 52.0 Å². The Morgan fingerprint density at radius 3 is 1.67 bits per heavy atom. The molecule has 2 aromatic rings. The molecule has 0 aliphatic carbocycles. The molecule has 0 radical (unpaired) electrons. The Morgan fingerprint density at radius 1 is 0.958 bits per heavy atom. The molecule has 2 rings (SSSR count). The van der Waals surface area contributed by atoms with Crippen LogP contribution in [0.1, 0.15) is 32.1 Å². The summed E-state index contributed by atoms with van der Waals surface area (Å²) >= 11 is 3.83. The molecule has 0 atom stereocenters. The number of phenols is 1. The van der Waals surface area contributed by atoms with Crippen LogP contribution in [-0.4, -0.2) is 31.8 Å². The molecule has 0 aliphatic heterocycles. The largest absolute Gasteiger partial charge is 0.506 e. The third-order valence-electron chi connectivity index (χ3n) is 3.54. The van der Waals surface area contributed by atoms with Crippen molar-refractivity contribution in [3.63, 3.8) is 0 Å². The fraction of sp³-hybridized carbons (Fsp3) is 0.133. The van der Waals surface area contributed by atoms with Crippen molar-refractivity contribution in [2.75, 3.05) is 0 Å². The first-order chi connectivity index (χ1) is 11.1. The number of aromatic carboxylic acids is 2. The normalized spacial score (nSPS) is 10.7. The fourth-order valence-electron chi connectivity index (χ4n) is 2.50. The molecule has 7 nitrogen and oxygen atoms in total. The lowest BCUT2D eigenvalue weighted by Gasteiger charge is -2.19. The van der Waals surface area contributed by atoms with E-state index in [2.05, 4.69) is 0 Å². The highest BCUT2D eigenvalue weighted by atomic mass is 127. The number of hydrogen-bond donors (Lipinski definition) is 3. The van der Waals surface area contributed by atoms with E-state index in [0.717, 1.165) is 0 Å². The van der Waals surface area contributed by atoms with Gasteiger partial charge in [-0.25, -0.2) is 9.59 Å². The number of aromatic nitrogens is 1. The lowest BCUT2D eigenvalue weighted by atomic mass is 10.1. The lowest BCUT2D eigenvalue weighted by molar-refractivity contribution is 0.0692. The van der Waals surface area contributed by atoms with Crippen molar-refractivity contribution in [2.45, 2.75) is 13.8 Å². The number of hydrogen-bond acceptors (Lipinski definition) is 4. The minimum absolute atomic E-state index is 0.0771. The van der Waals surface area contributed by atoms with Crippen molar-refractivity contribution in [3.8, 4) is 11.4 Å². The fourth-order valence-corrected chi connectivity index (χ4v) is 4.24. The molecule has 24 heavy (non-hydrogen) atoms. The molecule has 0 spiro atoms. The van der Waals surface area contributed by atoms with Gasteiger partial charge in [-0.1, -0.05) is 0 Å².